The van der Waals surface area contributed by atoms with Crippen molar-refractivity contribution in [1.29, 1.82) is 0 Å². The molecule has 0 spiro atoms. The molecule has 74 valence electrons. The molecule has 0 aliphatic heterocycles. The Bertz CT molecular complexity index is 360. The van der Waals surface area contributed by atoms with Crippen LogP contribution in [0.2, 0.25) is 0 Å². The number of benzene rings is 1. The van der Waals surface area contributed by atoms with Crippen molar-refractivity contribution in [3.8, 4) is 0 Å². The van der Waals surface area contributed by atoms with Crippen LogP contribution < -0.4 is 4.90 Å². The summed E-state index contributed by atoms with van der Waals surface area (Å²) in [5.74, 6) is 0.629. The number of hydrogen-bond donors (Lipinski definition) is 0. The van der Waals surface area contributed by atoms with Crippen LogP contribution in [0.5, 0.6) is 0 Å². The number of rotatable bonds is 2. The monoisotopic (exact) mass is 209 g/mol. The van der Waals surface area contributed by atoms with Crippen molar-refractivity contribution in [1.82, 2.24) is 0 Å². The van der Waals surface area contributed by atoms with Crippen molar-refractivity contribution in [2.45, 2.75) is 18.8 Å². The third-order valence-corrected chi connectivity index (χ3v) is 2.83. The number of halogens is 1. The molecule has 0 unspecified atom stereocenters. The quantitative estimate of drug-likeness (QED) is 0.540. The highest BCUT2D eigenvalue weighted by Gasteiger charge is 2.27. The van der Waals surface area contributed by atoms with Gasteiger partial charge in [0.1, 0.15) is 0 Å². The molecule has 3 heteroatoms. The van der Waals surface area contributed by atoms with Gasteiger partial charge in [0.25, 0.3) is 0 Å². The summed E-state index contributed by atoms with van der Waals surface area (Å²) in [5, 5.41) is -0.432. The lowest BCUT2D eigenvalue weighted by molar-refractivity contribution is 0.265. The van der Waals surface area contributed by atoms with Crippen molar-refractivity contribution in [2.24, 2.45) is 0 Å². The second kappa shape index (κ2) is 3.62. The zero-order chi connectivity index (χ0) is 10.1. The van der Waals surface area contributed by atoms with Crippen LogP contribution in [-0.2, 0) is 0 Å². The molecule has 0 bridgehead atoms. The summed E-state index contributed by atoms with van der Waals surface area (Å²) in [5.41, 5.74) is 2.18. The van der Waals surface area contributed by atoms with Crippen LogP contribution >= 0.6 is 11.6 Å². The first-order chi connectivity index (χ1) is 6.70. The van der Waals surface area contributed by atoms with Crippen LogP contribution in [0.25, 0.3) is 0 Å². The summed E-state index contributed by atoms with van der Waals surface area (Å²) < 4.78 is 0. The lowest BCUT2D eigenvalue weighted by Crippen LogP contribution is -2.20. The molecular formula is C11H12ClNO. The van der Waals surface area contributed by atoms with E-state index in [0.29, 0.717) is 5.92 Å². The highest BCUT2D eigenvalue weighted by atomic mass is 35.5. The van der Waals surface area contributed by atoms with E-state index in [0.717, 1.165) is 5.69 Å². The van der Waals surface area contributed by atoms with E-state index in [9.17, 15) is 4.79 Å². The van der Waals surface area contributed by atoms with Crippen LogP contribution in [-0.4, -0.2) is 12.4 Å². The molecule has 1 aromatic carbocycles. The number of carbonyl (C=O) groups is 1. The molecule has 1 fully saturated rings. The number of carbonyl (C=O) groups excluding carboxylic acids is 1. The average Bonchev–Trinajstić information content (AvgIpc) is 3.00. The first kappa shape index (κ1) is 9.53. The van der Waals surface area contributed by atoms with E-state index in [1.54, 1.807) is 7.05 Å². The summed E-state index contributed by atoms with van der Waals surface area (Å²) in [6, 6.07) is 7.94. The molecule has 1 aromatic rings. The Kier molecular flexibility index (Phi) is 2.46. The largest absolute Gasteiger partial charge is 0.320 e. The molecule has 1 aliphatic rings. The molecule has 0 heterocycles. The van der Waals surface area contributed by atoms with Crippen molar-refractivity contribution in [3.05, 3.63) is 29.8 Å². The minimum Gasteiger partial charge on any atom is -0.302 e. The van der Waals surface area contributed by atoms with E-state index in [1.807, 2.05) is 18.2 Å². The van der Waals surface area contributed by atoms with Crippen molar-refractivity contribution >= 4 is 22.7 Å². The molecule has 1 amide bonds. The van der Waals surface area contributed by atoms with Gasteiger partial charge >= 0.3 is 5.37 Å². The summed E-state index contributed by atoms with van der Waals surface area (Å²) in [4.78, 5) is 12.5. The maximum Gasteiger partial charge on any atom is 0.320 e. The minimum atomic E-state index is -0.432. The van der Waals surface area contributed by atoms with Gasteiger partial charge in [0.2, 0.25) is 0 Å². The van der Waals surface area contributed by atoms with Gasteiger partial charge < -0.3 is 4.90 Å². The van der Waals surface area contributed by atoms with Gasteiger partial charge in [-0.2, -0.15) is 0 Å². The zero-order valence-corrected chi connectivity index (χ0v) is 8.79. The number of anilines is 1. The Morgan fingerprint density at radius 2 is 2.07 bits per heavy atom. The Hall–Kier alpha value is -1.02. The number of amides is 1. The lowest BCUT2D eigenvalue weighted by atomic mass is 10.1. The van der Waals surface area contributed by atoms with Gasteiger partial charge in [0, 0.05) is 12.7 Å². The summed E-state index contributed by atoms with van der Waals surface area (Å²) in [6.45, 7) is 0. The first-order valence-electron chi connectivity index (χ1n) is 4.72. The molecular weight excluding hydrogens is 198 g/mol. The van der Waals surface area contributed by atoms with Crippen molar-refractivity contribution in [2.75, 3.05) is 11.9 Å². The van der Waals surface area contributed by atoms with Crippen molar-refractivity contribution < 1.29 is 4.79 Å². The SMILES string of the molecule is CN(C(=O)Cl)c1ccccc1C1CC1. The molecule has 2 nitrogen and oxygen atoms in total. The van der Waals surface area contributed by atoms with Gasteiger partial charge in [0.05, 0.1) is 0 Å². The standard InChI is InChI=1S/C11H12ClNO/c1-13(11(12)14)10-5-3-2-4-9(10)8-6-7-8/h2-5,8H,6-7H2,1H3. The lowest BCUT2D eigenvalue weighted by Gasteiger charge is -2.17. The minimum absolute atomic E-state index is 0.432. The van der Waals surface area contributed by atoms with E-state index in [4.69, 9.17) is 11.6 Å². The molecule has 14 heavy (non-hydrogen) atoms. The molecule has 0 N–H and O–H groups in total. The molecule has 1 aliphatic carbocycles. The molecule has 0 radical (unpaired) electrons. The summed E-state index contributed by atoms with van der Waals surface area (Å²) >= 11 is 5.45. The Morgan fingerprint density at radius 3 is 2.64 bits per heavy atom. The average molecular weight is 210 g/mol. The normalized spacial score (nSPS) is 15.3. The smallest absolute Gasteiger partial charge is 0.302 e. The van der Waals surface area contributed by atoms with Gasteiger partial charge in [0.15, 0.2) is 0 Å². The van der Waals surface area contributed by atoms with Gasteiger partial charge in [-0.15, -0.1) is 0 Å². The van der Waals surface area contributed by atoms with E-state index < -0.39 is 5.37 Å². The van der Waals surface area contributed by atoms with E-state index >= 15 is 0 Å². The summed E-state index contributed by atoms with van der Waals surface area (Å²) in [7, 11) is 1.70. The zero-order valence-electron chi connectivity index (χ0n) is 8.03. The fourth-order valence-electron chi connectivity index (χ4n) is 1.63. The van der Waals surface area contributed by atoms with Crippen LogP contribution in [0.1, 0.15) is 24.3 Å². The second-order valence-corrected chi connectivity index (χ2v) is 3.97. The van der Waals surface area contributed by atoms with E-state index in [2.05, 4.69) is 6.07 Å². The Morgan fingerprint density at radius 1 is 1.43 bits per heavy atom. The maximum atomic E-state index is 11.0. The Balaban J connectivity index is 2.35. The number of nitrogens with zero attached hydrogens (tertiary/aromatic N) is 1. The highest BCUT2D eigenvalue weighted by Crippen LogP contribution is 2.44. The van der Waals surface area contributed by atoms with E-state index in [1.165, 1.54) is 23.3 Å². The van der Waals surface area contributed by atoms with Crippen LogP contribution in [0.4, 0.5) is 10.5 Å². The van der Waals surface area contributed by atoms with Crippen molar-refractivity contribution in [3.63, 3.8) is 0 Å². The van der Waals surface area contributed by atoms with Crippen LogP contribution in [0, 0.1) is 0 Å². The van der Waals surface area contributed by atoms with Gasteiger partial charge in [-0.1, -0.05) is 18.2 Å². The van der Waals surface area contributed by atoms with Gasteiger partial charge in [-0.05, 0) is 42.0 Å². The van der Waals surface area contributed by atoms with Gasteiger partial charge in [-0.25, -0.2) is 0 Å². The second-order valence-electron chi connectivity index (χ2n) is 3.65. The fraction of sp³-hybridized carbons (Fsp3) is 0.364. The number of para-hydroxylation sites is 1. The van der Waals surface area contributed by atoms with Crippen LogP contribution in [0.15, 0.2) is 24.3 Å². The summed E-state index contributed by atoms with van der Waals surface area (Å²) in [6.07, 6.45) is 2.45. The van der Waals surface area contributed by atoms with E-state index in [-0.39, 0.29) is 0 Å². The Labute approximate surface area is 88.5 Å². The molecule has 0 atom stereocenters. The van der Waals surface area contributed by atoms with Gasteiger partial charge in [-0.3, -0.25) is 4.79 Å². The predicted molar refractivity (Wildman–Crippen MR) is 58.1 cm³/mol. The predicted octanol–water partition coefficient (Wildman–Crippen LogP) is 3.36. The molecule has 1 saturated carbocycles. The van der Waals surface area contributed by atoms with Crippen LogP contribution in [0.3, 0.4) is 0 Å². The molecule has 0 aromatic heterocycles. The fourth-order valence-corrected chi connectivity index (χ4v) is 1.72. The topological polar surface area (TPSA) is 20.3 Å². The molecule has 0 saturated heterocycles. The first-order valence-corrected chi connectivity index (χ1v) is 5.10. The third-order valence-electron chi connectivity index (χ3n) is 2.58. The number of hydrogen-bond acceptors (Lipinski definition) is 1. The highest BCUT2D eigenvalue weighted by molar-refractivity contribution is 6.66. The maximum absolute atomic E-state index is 11.0. The molecule has 2 rings (SSSR count). The third kappa shape index (κ3) is 1.75.